The summed E-state index contributed by atoms with van der Waals surface area (Å²) in [4.78, 5) is 0. The van der Waals surface area contributed by atoms with Crippen LogP contribution in [0.5, 0.6) is 0 Å². The molecular formula is C11H9NO. The lowest BCUT2D eigenvalue weighted by Crippen LogP contribution is -1.84. The molecule has 1 aliphatic rings. The summed E-state index contributed by atoms with van der Waals surface area (Å²) in [6.07, 6.45) is 0.499. The van der Waals surface area contributed by atoms with E-state index in [0.717, 1.165) is 16.7 Å². The Labute approximate surface area is 76.7 Å². The lowest BCUT2D eigenvalue weighted by molar-refractivity contribution is 0.406. The number of hydrogen-bond acceptors (Lipinski definition) is 2. The first-order valence-corrected chi connectivity index (χ1v) is 4.14. The fourth-order valence-corrected chi connectivity index (χ4v) is 1.63. The van der Waals surface area contributed by atoms with Crippen LogP contribution in [-0.2, 0) is 6.42 Å². The van der Waals surface area contributed by atoms with Gasteiger partial charge in [0.25, 0.3) is 0 Å². The zero-order valence-electron chi connectivity index (χ0n) is 7.33. The first-order chi connectivity index (χ1) is 6.22. The standard InChI is InChI=1S/C11H9NO/c1-7-2-3-8-5-11(13)10(6-12)9(8)4-7/h2-4,13H,5H2,1H3. The number of benzene rings is 1. The average Bonchev–Trinajstić information content (AvgIpc) is 2.40. The number of nitrogens with zero attached hydrogens (tertiary/aromatic N) is 1. The summed E-state index contributed by atoms with van der Waals surface area (Å²) in [5.41, 5.74) is 3.47. The molecule has 64 valence electrons. The van der Waals surface area contributed by atoms with Crippen molar-refractivity contribution in [3.05, 3.63) is 40.6 Å². The molecule has 0 spiro atoms. The molecule has 1 aromatic rings. The van der Waals surface area contributed by atoms with Crippen molar-refractivity contribution in [2.75, 3.05) is 0 Å². The van der Waals surface area contributed by atoms with Gasteiger partial charge in [-0.05, 0) is 18.1 Å². The minimum absolute atomic E-state index is 0.197. The second-order valence-electron chi connectivity index (χ2n) is 3.27. The molecule has 0 fully saturated rings. The van der Waals surface area contributed by atoms with E-state index in [2.05, 4.69) is 0 Å². The van der Waals surface area contributed by atoms with Crippen molar-refractivity contribution in [2.24, 2.45) is 0 Å². The third-order valence-electron chi connectivity index (χ3n) is 2.29. The predicted octanol–water partition coefficient (Wildman–Crippen LogP) is 2.34. The molecule has 0 aromatic heterocycles. The van der Waals surface area contributed by atoms with E-state index < -0.39 is 0 Å². The third kappa shape index (κ3) is 1.09. The zero-order chi connectivity index (χ0) is 9.42. The van der Waals surface area contributed by atoms with Gasteiger partial charge in [-0.2, -0.15) is 5.26 Å². The fraction of sp³-hybridized carbons (Fsp3) is 0.182. The van der Waals surface area contributed by atoms with Gasteiger partial charge in [-0.15, -0.1) is 0 Å². The van der Waals surface area contributed by atoms with E-state index in [1.165, 1.54) is 0 Å². The minimum atomic E-state index is 0.197. The molecule has 0 aliphatic heterocycles. The van der Waals surface area contributed by atoms with E-state index in [-0.39, 0.29) is 5.76 Å². The minimum Gasteiger partial charge on any atom is -0.511 e. The molecular weight excluding hydrogens is 162 g/mol. The summed E-state index contributed by atoms with van der Waals surface area (Å²) in [5.74, 6) is 0.197. The largest absolute Gasteiger partial charge is 0.511 e. The van der Waals surface area contributed by atoms with E-state index in [1.807, 2.05) is 31.2 Å². The van der Waals surface area contributed by atoms with Gasteiger partial charge >= 0.3 is 0 Å². The highest BCUT2D eigenvalue weighted by Gasteiger charge is 2.20. The molecule has 0 heterocycles. The maximum Gasteiger partial charge on any atom is 0.115 e. The molecule has 0 amide bonds. The number of fused-ring (bicyclic) bond motifs is 1. The quantitative estimate of drug-likeness (QED) is 0.651. The smallest absolute Gasteiger partial charge is 0.115 e. The van der Waals surface area contributed by atoms with Crippen LogP contribution in [-0.4, -0.2) is 5.11 Å². The first-order valence-electron chi connectivity index (χ1n) is 4.14. The molecule has 0 saturated carbocycles. The number of aliphatic hydroxyl groups excluding tert-OH is 1. The van der Waals surface area contributed by atoms with Crippen molar-refractivity contribution in [3.63, 3.8) is 0 Å². The molecule has 2 heteroatoms. The van der Waals surface area contributed by atoms with Gasteiger partial charge < -0.3 is 5.11 Å². The van der Waals surface area contributed by atoms with E-state index in [9.17, 15) is 5.11 Å². The second-order valence-corrected chi connectivity index (χ2v) is 3.27. The Hall–Kier alpha value is -1.75. The highest BCUT2D eigenvalue weighted by Crippen LogP contribution is 2.31. The van der Waals surface area contributed by atoms with Gasteiger partial charge in [-0.25, -0.2) is 0 Å². The summed E-state index contributed by atoms with van der Waals surface area (Å²) >= 11 is 0. The van der Waals surface area contributed by atoms with Crippen molar-refractivity contribution in [2.45, 2.75) is 13.3 Å². The number of rotatable bonds is 0. The Kier molecular flexibility index (Phi) is 1.60. The van der Waals surface area contributed by atoms with Crippen LogP contribution in [0.1, 0.15) is 16.7 Å². The third-order valence-corrected chi connectivity index (χ3v) is 2.29. The summed E-state index contributed by atoms with van der Waals surface area (Å²) in [6, 6.07) is 7.92. The van der Waals surface area contributed by atoms with Gasteiger partial charge in [-0.3, -0.25) is 0 Å². The topological polar surface area (TPSA) is 44.0 Å². The van der Waals surface area contributed by atoms with Crippen LogP contribution in [0, 0.1) is 18.3 Å². The normalized spacial score (nSPS) is 14.2. The van der Waals surface area contributed by atoms with Crippen LogP contribution in [0.15, 0.2) is 24.0 Å². The molecule has 0 bridgehead atoms. The average molecular weight is 171 g/mol. The highest BCUT2D eigenvalue weighted by atomic mass is 16.3. The van der Waals surface area contributed by atoms with Gasteiger partial charge in [0.05, 0.1) is 5.57 Å². The Morgan fingerprint density at radius 2 is 2.23 bits per heavy atom. The monoisotopic (exact) mass is 171 g/mol. The SMILES string of the molecule is Cc1ccc2c(c1)C(C#N)=C(O)C2. The molecule has 1 N–H and O–H groups in total. The number of aliphatic hydroxyl groups is 1. The van der Waals surface area contributed by atoms with E-state index in [4.69, 9.17) is 5.26 Å². The van der Waals surface area contributed by atoms with Gasteiger partial charge in [0.15, 0.2) is 0 Å². The number of hydrogen-bond donors (Lipinski definition) is 1. The van der Waals surface area contributed by atoms with E-state index >= 15 is 0 Å². The lowest BCUT2D eigenvalue weighted by Gasteiger charge is -1.99. The van der Waals surface area contributed by atoms with E-state index in [0.29, 0.717) is 12.0 Å². The molecule has 0 unspecified atom stereocenters. The summed E-state index contributed by atoms with van der Waals surface area (Å²) < 4.78 is 0. The van der Waals surface area contributed by atoms with Crippen LogP contribution in [0.4, 0.5) is 0 Å². The lowest BCUT2D eigenvalue weighted by atomic mass is 10.0. The summed E-state index contributed by atoms with van der Waals surface area (Å²) in [7, 11) is 0. The highest BCUT2D eigenvalue weighted by molar-refractivity contribution is 5.84. The zero-order valence-corrected chi connectivity index (χ0v) is 7.33. The predicted molar refractivity (Wildman–Crippen MR) is 50.0 cm³/mol. The summed E-state index contributed by atoms with van der Waals surface area (Å²) in [6.45, 7) is 1.98. The van der Waals surface area contributed by atoms with Crippen molar-refractivity contribution in [1.29, 1.82) is 5.26 Å². The van der Waals surface area contributed by atoms with Crippen molar-refractivity contribution in [1.82, 2.24) is 0 Å². The van der Waals surface area contributed by atoms with Crippen LogP contribution in [0.2, 0.25) is 0 Å². The van der Waals surface area contributed by atoms with E-state index in [1.54, 1.807) is 0 Å². The number of allylic oxidation sites excluding steroid dienone is 2. The molecule has 1 aliphatic carbocycles. The summed E-state index contributed by atoms with van der Waals surface area (Å²) in [5, 5.41) is 18.3. The Morgan fingerprint density at radius 1 is 1.46 bits per heavy atom. The molecule has 0 atom stereocenters. The Bertz CT molecular complexity index is 438. The second kappa shape index (κ2) is 2.63. The van der Waals surface area contributed by atoms with Gasteiger partial charge in [0, 0.05) is 6.42 Å². The van der Waals surface area contributed by atoms with Crippen LogP contribution in [0.3, 0.4) is 0 Å². The first kappa shape index (κ1) is 7.88. The van der Waals surface area contributed by atoms with Crippen LogP contribution >= 0.6 is 0 Å². The molecule has 1 aromatic carbocycles. The Balaban J connectivity index is 2.64. The maximum atomic E-state index is 9.46. The molecule has 13 heavy (non-hydrogen) atoms. The fourth-order valence-electron chi connectivity index (χ4n) is 1.63. The number of aryl methyl sites for hydroxylation is 1. The number of nitriles is 1. The van der Waals surface area contributed by atoms with Crippen LogP contribution < -0.4 is 0 Å². The molecule has 0 saturated heterocycles. The molecule has 2 rings (SSSR count). The van der Waals surface area contributed by atoms with Gasteiger partial charge in [-0.1, -0.05) is 23.8 Å². The Morgan fingerprint density at radius 3 is 2.92 bits per heavy atom. The van der Waals surface area contributed by atoms with Crippen LogP contribution in [0.25, 0.3) is 5.57 Å². The maximum absolute atomic E-state index is 9.46. The molecule has 0 radical (unpaired) electrons. The van der Waals surface area contributed by atoms with Crippen molar-refractivity contribution in [3.8, 4) is 6.07 Å². The van der Waals surface area contributed by atoms with Crippen molar-refractivity contribution >= 4 is 5.57 Å². The van der Waals surface area contributed by atoms with Crippen molar-refractivity contribution < 1.29 is 5.11 Å². The van der Waals surface area contributed by atoms with Gasteiger partial charge in [0.2, 0.25) is 0 Å². The van der Waals surface area contributed by atoms with Gasteiger partial charge in [0.1, 0.15) is 11.8 Å². The molecule has 2 nitrogen and oxygen atoms in total.